The number of hydrogen-bond acceptors (Lipinski definition) is 4. The molecule has 4 nitrogen and oxygen atoms in total. The van der Waals surface area contributed by atoms with Crippen molar-refractivity contribution in [3.05, 3.63) is 41.5 Å². The van der Waals surface area contributed by atoms with Gasteiger partial charge in [0, 0.05) is 11.3 Å². The number of aromatic nitrogens is 2. The molecule has 0 unspecified atom stereocenters. The zero-order valence-corrected chi connectivity index (χ0v) is 9.08. The molecule has 2 aromatic rings. The van der Waals surface area contributed by atoms with E-state index < -0.39 is 29.4 Å². The zero-order chi connectivity index (χ0) is 14.3. The van der Waals surface area contributed by atoms with Gasteiger partial charge in [0.25, 0.3) is 0 Å². The lowest BCUT2D eigenvalue weighted by Crippen LogP contribution is -2.18. The van der Waals surface area contributed by atoms with Crippen LogP contribution in [0.25, 0.3) is 0 Å². The normalized spacial score (nSPS) is 12.7. The maximum absolute atomic E-state index is 13.8. The molecule has 1 aromatic heterocycles. The smallest absolute Gasteiger partial charge is 0.399 e. The molecular formula is C10H6F5N3O. The summed E-state index contributed by atoms with van der Waals surface area (Å²) in [5.41, 5.74) is 4.98. The summed E-state index contributed by atoms with van der Waals surface area (Å²) >= 11 is 0. The van der Waals surface area contributed by atoms with E-state index in [4.69, 9.17) is 5.73 Å². The van der Waals surface area contributed by atoms with Gasteiger partial charge in [0.15, 0.2) is 0 Å². The Hall–Kier alpha value is -2.19. The third-order valence-corrected chi connectivity index (χ3v) is 2.22. The molecule has 0 amide bonds. The average Bonchev–Trinajstić information content (AvgIpc) is 2.79. The summed E-state index contributed by atoms with van der Waals surface area (Å²) < 4.78 is 68.0. The number of anilines is 1. The van der Waals surface area contributed by atoms with Gasteiger partial charge in [-0.1, -0.05) is 17.3 Å². The zero-order valence-electron chi connectivity index (χ0n) is 9.08. The Kier molecular flexibility index (Phi) is 2.91. The van der Waals surface area contributed by atoms with Crippen molar-refractivity contribution in [1.82, 2.24) is 10.1 Å². The Morgan fingerprint density at radius 2 is 1.58 bits per heavy atom. The topological polar surface area (TPSA) is 64.9 Å². The van der Waals surface area contributed by atoms with Gasteiger partial charge in [-0.15, -0.1) is 0 Å². The first kappa shape index (κ1) is 13.2. The molecule has 0 saturated heterocycles. The second kappa shape index (κ2) is 4.18. The molecule has 2 rings (SSSR count). The van der Waals surface area contributed by atoms with E-state index in [0.29, 0.717) is 0 Å². The van der Waals surface area contributed by atoms with Crippen molar-refractivity contribution in [3.63, 3.8) is 0 Å². The fraction of sp³-hybridized carbons (Fsp3) is 0.200. The van der Waals surface area contributed by atoms with Gasteiger partial charge in [-0.05, 0) is 12.1 Å². The molecule has 1 aromatic carbocycles. The molecule has 102 valence electrons. The summed E-state index contributed by atoms with van der Waals surface area (Å²) in [5.74, 6) is -6.98. The van der Waals surface area contributed by atoms with Crippen LogP contribution in [-0.2, 0) is 12.1 Å². The highest BCUT2D eigenvalue weighted by atomic mass is 19.4. The van der Waals surface area contributed by atoms with E-state index >= 15 is 0 Å². The summed E-state index contributed by atoms with van der Waals surface area (Å²) in [4.78, 5) is 2.67. The van der Waals surface area contributed by atoms with Crippen molar-refractivity contribution < 1.29 is 26.5 Å². The number of benzene rings is 1. The minimum Gasteiger partial charge on any atom is -0.399 e. The summed E-state index contributed by atoms with van der Waals surface area (Å²) in [6.45, 7) is 0. The molecular weight excluding hydrogens is 273 g/mol. The third-order valence-electron chi connectivity index (χ3n) is 2.22. The first-order valence-electron chi connectivity index (χ1n) is 4.86. The van der Waals surface area contributed by atoms with Crippen molar-refractivity contribution in [2.24, 2.45) is 0 Å². The van der Waals surface area contributed by atoms with Crippen molar-refractivity contribution in [2.75, 3.05) is 5.73 Å². The predicted molar refractivity (Wildman–Crippen MR) is 53.2 cm³/mol. The van der Waals surface area contributed by atoms with Crippen molar-refractivity contribution >= 4 is 5.69 Å². The van der Waals surface area contributed by atoms with Crippen LogP contribution in [0, 0.1) is 0 Å². The Balaban J connectivity index is 2.39. The molecule has 1 heterocycles. The molecule has 0 radical (unpaired) electrons. The lowest BCUT2D eigenvalue weighted by molar-refractivity contribution is -0.159. The van der Waals surface area contributed by atoms with Crippen molar-refractivity contribution in [1.29, 1.82) is 0 Å². The van der Waals surface area contributed by atoms with Crippen LogP contribution in [0.2, 0.25) is 0 Å². The number of halogens is 5. The van der Waals surface area contributed by atoms with Gasteiger partial charge in [0.1, 0.15) is 0 Å². The number of rotatable bonds is 2. The molecule has 0 aliphatic heterocycles. The summed E-state index contributed by atoms with van der Waals surface area (Å²) in [5, 5.41) is 2.67. The highest BCUT2D eigenvalue weighted by molar-refractivity contribution is 5.41. The molecule has 0 bridgehead atoms. The lowest BCUT2D eigenvalue weighted by Gasteiger charge is -2.12. The Morgan fingerprint density at radius 1 is 1.00 bits per heavy atom. The molecule has 0 spiro atoms. The Morgan fingerprint density at radius 3 is 2.05 bits per heavy atom. The van der Waals surface area contributed by atoms with Gasteiger partial charge in [-0.25, -0.2) is 0 Å². The van der Waals surface area contributed by atoms with Crippen LogP contribution in [0.4, 0.5) is 27.6 Å². The first-order chi connectivity index (χ1) is 8.71. The van der Waals surface area contributed by atoms with Gasteiger partial charge in [-0.3, -0.25) is 0 Å². The number of hydrogen-bond donors (Lipinski definition) is 1. The molecule has 0 fully saturated rings. The molecule has 19 heavy (non-hydrogen) atoms. The van der Waals surface area contributed by atoms with E-state index in [1.807, 2.05) is 0 Å². The maximum atomic E-state index is 13.8. The van der Waals surface area contributed by atoms with E-state index in [-0.39, 0.29) is 5.69 Å². The monoisotopic (exact) mass is 279 g/mol. The minimum atomic E-state index is -4.97. The molecule has 0 atom stereocenters. The van der Waals surface area contributed by atoms with E-state index in [2.05, 4.69) is 14.7 Å². The highest BCUT2D eigenvalue weighted by Crippen LogP contribution is 2.36. The molecule has 0 aliphatic carbocycles. The van der Waals surface area contributed by atoms with Crippen LogP contribution in [0.1, 0.15) is 17.3 Å². The number of nitrogens with two attached hydrogens (primary N) is 1. The summed E-state index contributed by atoms with van der Waals surface area (Å²) in [7, 11) is 0. The van der Waals surface area contributed by atoms with Gasteiger partial charge in [0.2, 0.25) is 5.82 Å². The number of nitrogen functional groups attached to an aromatic ring is 1. The number of nitrogens with zero attached hydrogens (tertiary/aromatic N) is 2. The molecule has 9 heteroatoms. The Bertz CT molecular complexity index is 576. The molecule has 0 saturated carbocycles. The van der Waals surface area contributed by atoms with Crippen LogP contribution in [0.5, 0.6) is 0 Å². The largest absolute Gasteiger partial charge is 0.471 e. The average molecular weight is 279 g/mol. The second-order valence-corrected chi connectivity index (χ2v) is 3.62. The van der Waals surface area contributed by atoms with Crippen molar-refractivity contribution in [3.8, 4) is 0 Å². The van der Waals surface area contributed by atoms with Gasteiger partial charge >= 0.3 is 18.0 Å². The molecule has 0 aliphatic rings. The van der Waals surface area contributed by atoms with E-state index in [1.165, 1.54) is 12.1 Å². The molecule has 2 N–H and O–H groups in total. The second-order valence-electron chi connectivity index (χ2n) is 3.62. The third kappa shape index (κ3) is 2.49. The Labute approximate surface area is 103 Å². The fourth-order valence-corrected chi connectivity index (χ4v) is 1.29. The van der Waals surface area contributed by atoms with Crippen LogP contribution in [-0.4, -0.2) is 10.1 Å². The van der Waals surface area contributed by atoms with E-state index in [0.717, 1.165) is 12.1 Å². The van der Waals surface area contributed by atoms with Crippen LogP contribution < -0.4 is 5.73 Å². The van der Waals surface area contributed by atoms with Gasteiger partial charge in [-0.2, -0.15) is 26.9 Å². The van der Waals surface area contributed by atoms with Gasteiger partial charge < -0.3 is 10.3 Å². The summed E-state index contributed by atoms with van der Waals surface area (Å²) in [6, 6.07) is 4.32. The van der Waals surface area contributed by atoms with Crippen molar-refractivity contribution in [2.45, 2.75) is 12.1 Å². The quantitative estimate of drug-likeness (QED) is 0.678. The maximum Gasteiger partial charge on any atom is 0.471 e. The van der Waals surface area contributed by atoms with Crippen LogP contribution in [0.15, 0.2) is 28.8 Å². The highest BCUT2D eigenvalue weighted by Gasteiger charge is 2.44. The number of alkyl halides is 5. The minimum absolute atomic E-state index is 0.239. The fourth-order valence-electron chi connectivity index (χ4n) is 1.29. The first-order valence-corrected chi connectivity index (χ1v) is 4.86. The van der Waals surface area contributed by atoms with E-state index in [1.54, 1.807) is 0 Å². The van der Waals surface area contributed by atoms with Crippen LogP contribution in [0.3, 0.4) is 0 Å². The standard InChI is InChI=1S/C10H6F5N3O/c11-9(12,5-1-3-6(16)4-2-5)7-17-8(19-18-7)10(13,14)15/h1-4H,16H2. The lowest BCUT2D eigenvalue weighted by atomic mass is 10.1. The van der Waals surface area contributed by atoms with E-state index in [9.17, 15) is 22.0 Å². The summed E-state index contributed by atoms with van der Waals surface area (Å²) in [6.07, 6.45) is -4.97. The SMILES string of the molecule is Nc1ccc(C(F)(F)c2noc(C(F)(F)F)n2)cc1. The van der Waals surface area contributed by atoms with Crippen LogP contribution >= 0.6 is 0 Å². The van der Waals surface area contributed by atoms with Gasteiger partial charge in [0.05, 0.1) is 0 Å². The predicted octanol–water partition coefficient (Wildman–Crippen LogP) is 2.81.